The van der Waals surface area contributed by atoms with Crippen molar-refractivity contribution in [3.8, 4) is 11.5 Å². The number of methoxy groups -OCH3 is 1. The lowest BCUT2D eigenvalue weighted by molar-refractivity contribution is -0.132. The number of rotatable bonds is 7. The number of hydrogen-bond donors (Lipinski definition) is 1. The molecule has 1 amide bonds. The van der Waals surface area contributed by atoms with Gasteiger partial charge in [0.25, 0.3) is 11.7 Å². The highest BCUT2D eigenvalue weighted by Gasteiger charge is 2.47. The average molecular weight is 486 g/mol. The van der Waals surface area contributed by atoms with Crippen LogP contribution in [-0.2, 0) is 9.59 Å². The highest BCUT2D eigenvalue weighted by atomic mass is 16.5. The standard InChI is InChI=1S/C30H31NO5/c1-18(2)17-36-25-14-9-22(10-15-25)28(32)26-27(21-7-12-24(35-5)13-8-21)31(30(34)29(26)33)23-11-6-19(3)20(4)16-23/h6-16,18,27,32H,17H2,1-5H3/b28-26+. The Morgan fingerprint density at radius 1 is 0.917 bits per heavy atom. The molecule has 6 nitrogen and oxygen atoms in total. The van der Waals surface area contributed by atoms with Crippen LogP contribution in [0.4, 0.5) is 5.69 Å². The number of hydrogen-bond acceptors (Lipinski definition) is 5. The van der Waals surface area contributed by atoms with Gasteiger partial charge in [0.2, 0.25) is 0 Å². The van der Waals surface area contributed by atoms with Crippen LogP contribution in [0.3, 0.4) is 0 Å². The number of carbonyl (C=O) groups is 2. The first-order valence-electron chi connectivity index (χ1n) is 12.0. The lowest BCUT2D eigenvalue weighted by Gasteiger charge is -2.26. The number of carbonyl (C=O) groups excluding carboxylic acids is 2. The van der Waals surface area contributed by atoms with E-state index in [1.165, 1.54) is 4.90 Å². The Balaban J connectivity index is 1.83. The number of amides is 1. The maximum Gasteiger partial charge on any atom is 0.300 e. The summed E-state index contributed by atoms with van der Waals surface area (Å²) in [6.45, 7) is 8.65. The lowest BCUT2D eigenvalue weighted by atomic mass is 9.95. The van der Waals surface area contributed by atoms with Gasteiger partial charge in [-0.3, -0.25) is 14.5 Å². The molecule has 1 saturated heterocycles. The third kappa shape index (κ3) is 4.85. The predicted octanol–water partition coefficient (Wildman–Crippen LogP) is 5.97. The van der Waals surface area contributed by atoms with E-state index in [1.807, 2.05) is 32.0 Å². The Hall–Kier alpha value is -4.06. The zero-order valence-electron chi connectivity index (χ0n) is 21.2. The van der Waals surface area contributed by atoms with Crippen molar-refractivity contribution in [2.24, 2.45) is 5.92 Å². The fraction of sp³-hybridized carbons (Fsp3) is 0.267. The smallest absolute Gasteiger partial charge is 0.300 e. The monoisotopic (exact) mass is 485 g/mol. The molecule has 0 spiro atoms. The van der Waals surface area contributed by atoms with E-state index in [1.54, 1.807) is 55.6 Å². The van der Waals surface area contributed by atoms with Crippen molar-refractivity contribution in [2.75, 3.05) is 18.6 Å². The normalized spacial score (nSPS) is 17.1. The fourth-order valence-corrected chi connectivity index (χ4v) is 4.20. The number of Topliss-reactive ketones (excluding diaryl/α,β-unsaturated/α-hetero) is 1. The number of nitrogens with zero attached hydrogens (tertiary/aromatic N) is 1. The Bertz CT molecular complexity index is 1310. The Labute approximate surface area is 211 Å². The topological polar surface area (TPSA) is 76.1 Å². The summed E-state index contributed by atoms with van der Waals surface area (Å²) in [6, 6.07) is 18.9. The highest BCUT2D eigenvalue weighted by molar-refractivity contribution is 6.51. The number of aliphatic hydroxyl groups is 1. The van der Waals surface area contributed by atoms with Gasteiger partial charge in [-0.05, 0) is 85.0 Å². The van der Waals surface area contributed by atoms with Crippen LogP contribution < -0.4 is 14.4 Å². The van der Waals surface area contributed by atoms with Crippen LogP contribution in [0.25, 0.3) is 5.76 Å². The summed E-state index contributed by atoms with van der Waals surface area (Å²) >= 11 is 0. The predicted molar refractivity (Wildman–Crippen MR) is 140 cm³/mol. The Kier molecular flexibility index (Phi) is 7.15. The van der Waals surface area contributed by atoms with Gasteiger partial charge in [0, 0.05) is 11.3 Å². The molecule has 0 aromatic heterocycles. The molecule has 0 saturated carbocycles. The van der Waals surface area contributed by atoms with Gasteiger partial charge in [0.05, 0.1) is 25.3 Å². The molecule has 4 rings (SSSR count). The molecule has 36 heavy (non-hydrogen) atoms. The zero-order valence-corrected chi connectivity index (χ0v) is 21.2. The summed E-state index contributed by atoms with van der Waals surface area (Å²) in [7, 11) is 1.57. The molecule has 3 aromatic carbocycles. The number of aryl methyl sites for hydroxylation is 2. The van der Waals surface area contributed by atoms with Gasteiger partial charge in [-0.25, -0.2) is 0 Å². The molecule has 0 bridgehead atoms. The summed E-state index contributed by atoms with van der Waals surface area (Å²) in [4.78, 5) is 28.2. The maximum absolute atomic E-state index is 13.3. The first kappa shape index (κ1) is 25.0. The van der Waals surface area contributed by atoms with Crippen molar-refractivity contribution < 1.29 is 24.2 Å². The van der Waals surface area contributed by atoms with Crippen LogP contribution in [0.5, 0.6) is 11.5 Å². The van der Waals surface area contributed by atoms with Crippen molar-refractivity contribution in [1.29, 1.82) is 0 Å². The molecule has 6 heteroatoms. The number of ether oxygens (including phenoxy) is 2. The second kappa shape index (κ2) is 10.3. The van der Waals surface area contributed by atoms with E-state index in [-0.39, 0.29) is 11.3 Å². The minimum absolute atomic E-state index is 0.0410. The number of ketones is 1. The van der Waals surface area contributed by atoms with Crippen LogP contribution in [0, 0.1) is 19.8 Å². The molecule has 1 unspecified atom stereocenters. The molecule has 1 aliphatic heterocycles. The van der Waals surface area contributed by atoms with Gasteiger partial charge < -0.3 is 14.6 Å². The molecule has 1 fully saturated rings. The molecule has 1 atom stereocenters. The minimum atomic E-state index is -0.796. The molecule has 0 aliphatic carbocycles. The minimum Gasteiger partial charge on any atom is -0.507 e. The van der Waals surface area contributed by atoms with Crippen LogP contribution in [0.1, 0.15) is 42.1 Å². The Morgan fingerprint density at radius 3 is 2.14 bits per heavy atom. The van der Waals surface area contributed by atoms with E-state index in [2.05, 4.69) is 13.8 Å². The zero-order chi connectivity index (χ0) is 26.0. The van der Waals surface area contributed by atoms with Gasteiger partial charge >= 0.3 is 0 Å². The molecule has 3 aromatic rings. The number of aliphatic hydroxyl groups excluding tert-OH is 1. The summed E-state index contributed by atoms with van der Waals surface area (Å²) in [5.41, 5.74) is 3.84. The Morgan fingerprint density at radius 2 is 1.56 bits per heavy atom. The van der Waals surface area contributed by atoms with Crippen molar-refractivity contribution in [1.82, 2.24) is 0 Å². The molecular weight excluding hydrogens is 454 g/mol. The fourth-order valence-electron chi connectivity index (χ4n) is 4.20. The summed E-state index contributed by atoms with van der Waals surface area (Å²) in [6.07, 6.45) is 0. The van der Waals surface area contributed by atoms with Crippen LogP contribution in [0.15, 0.2) is 72.3 Å². The van der Waals surface area contributed by atoms with E-state index < -0.39 is 17.7 Å². The first-order chi connectivity index (χ1) is 17.2. The van der Waals surface area contributed by atoms with Gasteiger partial charge in [-0.2, -0.15) is 0 Å². The van der Waals surface area contributed by atoms with Crippen molar-refractivity contribution >= 4 is 23.1 Å². The quantitative estimate of drug-likeness (QED) is 0.253. The third-order valence-corrected chi connectivity index (χ3v) is 6.36. The molecular formula is C30H31NO5. The van der Waals surface area contributed by atoms with E-state index in [9.17, 15) is 14.7 Å². The maximum atomic E-state index is 13.3. The largest absolute Gasteiger partial charge is 0.507 e. The van der Waals surface area contributed by atoms with Crippen molar-refractivity contribution in [3.05, 3.63) is 94.6 Å². The summed E-state index contributed by atoms with van der Waals surface area (Å²) in [5, 5.41) is 11.3. The number of anilines is 1. The molecule has 186 valence electrons. The van der Waals surface area contributed by atoms with Gasteiger partial charge in [-0.1, -0.05) is 32.0 Å². The van der Waals surface area contributed by atoms with Crippen molar-refractivity contribution in [3.63, 3.8) is 0 Å². The summed E-state index contributed by atoms with van der Waals surface area (Å²) < 4.78 is 11.0. The lowest BCUT2D eigenvalue weighted by Crippen LogP contribution is -2.29. The van der Waals surface area contributed by atoms with Crippen molar-refractivity contribution in [2.45, 2.75) is 33.7 Å². The van der Waals surface area contributed by atoms with E-state index in [4.69, 9.17) is 9.47 Å². The average Bonchev–Trinajstić information content (AvgIpc) is 3.14. The number of benzene rings is 3. The molecule has 0 radical (unpaired) electrons. The van der Waals surface area contributed by atoms with Crippen LogP contribution in [0.2, 0.25) is 0 Å². The SMILES string of the molecule is COc1ccc(C2/C(=C(\O)c3ccc(OCC(C)C)cc3)C(=O)C(=O)N2c2ccc(C)c(C)c2)cc1. The van der Waals surface area contributed by atoms with E-state index in [0.29, 0.717) is 40.8 Å². The van der Waals surface area contributed by atoms with Gasteiger partial charge in [0.1, 0.15) is 17.3 Å². The molecule has 1 heterocycles. The second-order valence-corrected chi connectivity index (χ2v) is 9.44. The van der Waals surface area contributed by atoms with Gasteiger partial charge in [-0.15, -0.1) is 0 Å². The first-order valence-corrected chi connectivity index (χ1v) is 12.0. The molecule has 1 aliphatic rings. The highest BCUT2D eigenvalue weighted by Crippen LogP contribution is 2.43. The summed E-state index contributed by atoms with van der Waals surface area (Å²) in [5.74, 6) is 0.0606. The van der Waals surface area contributed by atoms with E-state index >= 15 is 0 Å². The van der Waals surface area contributed by atoms with Crippen LogP contribution >= 0.6 is 0 Å². The van der Waals surface area contributed by atoms with Gasteiger partial charge in [0.15, 0.2) is 0 Å². The second-order valence-electron chi connectivity index (χ2n) is 9.44. The molecule has 1 N–H and O–H groups in total. The van der Waals surface area contributed by atoms with E-state index in [0.717, 1.165) is 11.1 Å². The third-order valence-electron chi connectivity index (χ3n) is 6.36. The van der Waals surface area contributed by atoms with Crippen LogP contribution in [-0.4, -0.2) is 30.5 Å².